The molecule has 7 heteroatoms. The van der Waals surface area contributed by atoms with Crippen LogP contribution in [0, 0.1) is 13.8 Å². The molecule has 0 aliphatic carbocycles. The van der Waals surface area contributed by atoms with E-state index in [-0.39, 0.29) is 12.5 Å². The van der Waals surface area contributed by atoms with Crippen molar-refractivity contribution in [3.05, 3.63) is 64.4 Å². The van der Waals surface area contributed by atoms with E-state index >= 15 is 0 Å². The first-order valence-electron chi connectivity index (χ1n) is 8.45. The molecule has 2 heterocycles. The zero-order valence-electron chi connectivity index (χ0n) is 14.9. The molecule has 0 aliphatic rings. The van der Waals surface area contributed by atoms with Crippen LogP contribution in [-0.2, 0) is 11.3 Å². The molecule has 4 rings (SSSR count). The lowest BCUT2D eigenvalue weighted by molar-refractivity contribution is -0.116. The summed E-state index contributed by atoms with van der Waals surface area (Å²) in [6, 6.07) is 14.0. The van der Waals surface area contributed by atoms with E-state index < -0.39 is 0 Å². The molecule has 1 N–H and O–H groups in total. The maximum absolute atomic E-state index is 12.2. The van der Waals surface area contributed by atoms with Gasteiger partial charge in [-0.25, -0.2) is 4.98 Å². The lowest BCUT2D eigenvalue weighted by Crippen LogP contribution is -2.19. The third-order valence-corrected chi connectivity index (χ3v) is 6.00. The van der Waals surface area contributed by atoms with Crippen LogP contribution in [0.1, 0.15) is 11.3 Å². The molecule has 0 fully saturated rings. The van der Waals surface area contributed by atoms with Gasteiger partial charge in [0.15, 0.2) is 0 Å². The quantitative estimate of drug-likeness (QED) is 0.475. The van der Waals surface area contributed by atoms with Gasteiger partial charge in [-0.3, -0.25) is 9.48 Å². The highest BCUT2D eigenvalue weighted by molar-refractivity contribution is 9.10. The summed E-state index contributed by atoms with van der Waals surface area (Å²) in [5.74, 6) is -0.117. The van der Waals surface area contributed by atoms with Crippen LogP contribution in [0.4, 0.5) is 5.69 Å². The van der Waals surface area contributed by atoms with Crippen molar-refractivity contribution in [2.45, 2.75) is 20.4 Å². The highest BCUT2D eigenvalue weighted by Gasteiger charge is 2.09. The number of carbonyl (C=O) groups excluding carboxylic acids is 1. The number of fused-ring (bicyclic) bond motifs is 1. The molecular formula is C20H17BrN4OS. The van der Waals surface area contributed by atoms with Crippen molar-refractivity contribution >= 4 is 49.1 Å². The smallest absolute Gasteiger partial charge is 0.246 e. The number of nitrogens with zero attached hydrogens (tertiary/aromatic N) is 3. The second-order valence-corrected chi connectivity index (χ2v) is 8.26. The van der Waals surface area contributed by atoms with Gasteiger partial charge in [0.25, 0.3) is 0 Å². The molecule has 0 bridgehead atoms. The summed E-state index contributed by atoms with van der Waals surface area (Å²) in [5.41, 5.74) is 4.90. The SMILES string of the molecule is Cc1ccc2nc(-c3ccc(NC(=O)Cn4cc(Br)c(C)n4)cc3)sc2c1. The number of aromatic nitrogens is 3. The summed E-state index contributed by atoms with van der Waals surface area (Å²) in [6.07, 6.45) is 1.80. The standard InChI is InChI=1S/C20H17BrN4OS/c1-12-3-8-17-18(9-12)27-20(23-17)14-4-6-15(7-5-14)22-19(26)11-25-10-16(21)13(2)24-25/h3-10H,11H2,1-2H3,(H,22,26). The van der Waals surface area contributed by atoms with Gasteiger partial charge in [0.1, 0.15) is 11.6 Å². The molecule has 136 valence electrons. The van der Waals surface area contributed by atoms with Gasteiger partial charge in [-0.1, -0.05) is 6.07 Å². The monoisotopic (exact) mass is 440 g/mol. The second-order valence-electron chi connectivity index (χ2n) is 6.38. The zero-order valence-corrected chi connectivity index (χ0v) is 17.3. The van der Waals surface area contributed by atoms with Crippen molar-refractivity contribution < 1.29 is 4.79 Å². The normalized spacial score (nSPS) is 11.1. The van der Waals surface area contributed by atoms with E-state index in [9.17, 15) is 4.79 Å². The van der Waals surface area contributed by atoms with Crippen molar-refractivity contribution in [1.82, 2.24) is 14.8 Å². The highest BCUT2D eigenvalue weighted by atomic mass is 79.9. The van der Waals surface area contributed by atoms with Crippen molar-refractivity contribution in [2.75, 3.05) is 5.32 Å². The summed E-state index contributed by atoms with van der Waals surface area (Å²) in [6.45, 7) is 4.14. The molecule has 0 atom stereocenters. The Labute approximate surface area is 169 Å². The Balaban J connectivity index is 1.47. The van der Waals surface area contributed by atoms with Crippen molar-refractivity contribution in [3.63, 3.8) is 0 Å². The molecular weight excluding hydrogens is 424 g/mol. The van der Waals surface area contributed by atoms with Crippen LogP contribution in [0.3, 0.4) is 0 Å². The van der Waals surface area contributed by atoms with Crippen molar-refractivity contribution in [2.24, 2.45) is 0 Å². The lowest BCUT2D eigenvalue weighted by Gasteiger charge is -2.06. The summed E-state index contributed by atoms with van der Waals surface area (Å²) in [7, 11) is 0. The van der Waals surface area contributed by atoms with Gasteiger partial charge < -0.3 is 5.32 Å². The maximum atomic E-state index is 12.2. The predicted molar refractivity (Wildman–Crippen MR) is 113 cm³/mol. The summed E-state index contributed by atoms with van der Waals surface area (Å²) < 4.78 is 3.69. The number of amides is 1. The van der Waals surface area contributed by atoms with E-state index in [1.165, 1.54) is 10.3 Å². The topological polar surface area (TPSA) is 59.8 Å². The molecule has 2 aromatic carbocycles. The van der Waals surface area contributed by atoms with Crippen LogP contribution in [0.15, 0.2) is 53.1 Å². The molecule has 0 radical (unpaired) electrons. The number of rotatable bonds is 4. The number of halogens is 1. The molecule has 0 aliphatic heterocycles. The number of aryl methyl sites for hydroxylation is 2. The van der Waals surface area contributed by atoms with E-state index in [1.807, 2.05) is 31.2 Å². The van der Waals surface area contributed by atoms with E-state index in [0.29, 0.717) is 0 Å². The molecule has 0 spiro atoms. The van der Waals surface area contributed by atoms with Crippen LogP contribution >= 0.6 is 27.3 Å². The predicted octanol–water partition coefficient (Wildman–Crippen LogP) is 5.18. The van der Waals surface area contributed by atoms with Crippen LogP contribution < -0.4 is 5.32 Å². The highest BCUT2D eigenvalue weighted by Crippen LogP contribution is 2.31. The Hall–Kier alpha value is -2.51. The third-order valence-electron chi connectivity index (χ3n) is 4.15. The van der Waals surface area contributed by atoms with Crippen LogP contribution in [0.5, 0.6) is 0 Å². The minimum absolute atomic E-state index is 0.117. The largest absolute Gasteiger partial charge is 0.324 e. The molecule has 0 saturated carbocycles. The van der Waals surface area contributed by atoms with Gasteiger partial charge in [-0.05, 0) is 71.7 Å². The number of hydrogen-bond acceptors (Lipinski definition) is 4. The van der Waals surface area contributed by atoms with E-state index in [2.05, 4.69) is 51.5 Å². The molecule has 2 aromatic heterocycles. The van der Waals surface area contributed by atoms with Crippen molar-refractivity contribution in [1.29, 1.82) is 0 Å². The van der Waals surface area contributed by atoms with Crippen LogP contribution in [0.25, 0.3) is 20.8 Å². The van der Waals surface area contributed by atoms with Gasteiger partial charge in [0, 0.05) is 17.4 Å². The molecule has 5 nitrogen and oxygen atoms in total. The molecule has 4 aromatic rings. The Kier molecular flexibility index (Phi) is 4.80. The molecule has 1 amide bonds. The maximum Gasteiger partial charge on any atom is 0.246 e. The van der Waals surface area contributed by atoms with Gasteiger partial charge in [0.2, 0.25) is 5.91 Å². The molecule has 27 heavy (non-hydrogen) atoms. The third kappa shape index (κ3) is 3.94. The van der Waals surface area contributed by atoms with Gasteiger partial charge in [-0.15, -0.1) is 11.3 Å². The number of benzene rings is 2. The van der Waals surface area contributed by atoms with Crippen LogP contribution in [-0.4, -0.2) is 20.7 Å². The number of anilines is 1. The first kappa shape index (κ1) is 17.9. The van der Waals surface area contributed by atoms with Gasteiger partial charge in [0.05, 0.1) is 20.4 Å². The summed E-state index contributed by atoms with van der Waals surface area (Å²) in [4.78, 5) is 16.9. The fourth-order valence-corrected chi connectivity index (χ4v) is 4.16. The summed E-state index contributed by atoms with van der Waals surface area (Å²) >= 11 is 5.07. The van der Waals surface area contributed by atoms with Gasteiger partial charge in [-0.2, -0.15) is 5.10 Å². The summed E-state index contributed by atoms with van der Waals surface area (Å²) in [5, 5.41) is 8.15. The van der Waals surface area contributed by atoms with E-state index in [4.69, 9.17) is 4.98 Å². The number of hydrogen-bond donors (Lipinski definition) is 1. The first-order chi connectivity index (χ1) is 13.0. The van der Waals surface area contributed by atoms with Gasteiger partial charge >= 0.3 is 0 Å². The van der Waals surface area contributed by atoms with E-state index in [0.717, 1.165) is 31.9 Å². The fraction of sp³-hybridized carbons (Fsp3) is 0.150. The fourth-order valence-electron chi connectivity index (χ4n) is 2.77. The number of carbonyl (C=O) groups is 1. The number of nitrogens with one attached hydrogen (secondary N) is 1. The zero-order chi connectivity index (χ0) is 19.0. The first-order valence-corrected chi connectivity index (χ1v) is 10.1. The van der Waals surface area contributed by atoms with Crippen molar-refractivity contribution in [3.8, 4) is 10.6 Å². The average Bonchev–Trinajstić information content (AvgIpc) is 3.18. The van der Waals surface area contributed by atoms with E-state index in [1.54, 1.807) is 22.2 Å². The minimum Gasteiger partial charge on any atom is -0.324 e. The Morgan fingerprint density at radius 2 is 1.96 bits per heavy atom. The molecule has 0 saturated heterocycles. The minimum atomic E-state index is -0.117. The Morgan fingerprint density at radius 1 is 1.19 bits per heavy atom. The molecule has 0 unspecified atom stereocenters. The van der Waals surface area contributed by atoms with Crippen LogP contribution in [0.2, 0.25) is 0 Å². The Morgan fingerprint density at radius 3 is 2.67 bits per heavy atom. The number of thiazole rings is 1. The average molecular weight is 441 g/mol. The second kappa shape index (κ2) is 7.25. The Bertz CT molecular complexity index is 1110. The lowest BCUT2D eigenvalue weighted by atomic mass is 10.2.